The van der Waals surface area contributed by atoms with Gasteiger partial charge in [0.05, 0.1) is 12.1 Å². The second kappa shape index (κ2) is 6.93. The summed E-state index contributed by atoms with van der Waals surface area (Å²) in [5, 5.41) is 3.86. The highest BCUT2D eigenvalue weighted by Crippen LogP contribution is 2.27. The monoisotopic (exact) mass is 337 g/mol. The molecule has 0 unspecified atom stereocenters. The van der Waals surface area contributed by atoms with E-state index in [1.807, 2.05) is 44.2 Å². The van der Waals surface area contributed by atoms with Crippen LogP contribution in [0.5, 0.6) is 0 Å². The number of hydrogen-bond acceptors (Lipinski definition) is 4. The lowest BCUT2D eigenvalue weighted by Crippen LogP contribution is -2.14. The number of benzene rings is 1. The molecule has 1 amide bonds. The number of nitrogens with one attached hydrogen (secondary N) is 1. The van der Waals surface area contributed by atoms with Gasteiger partial charge >= 0.3 is 0 Å². The number of pyridine rings is 1. The average Bonchev–Trinajstić information content (AvgIpc) is 2.93. The van der Waals surface area contributed by atoms with E-state index in [0.29, 0.717) is 6.42 Å². The van der Waals surface area contributed by atoms with Crippen molar-refractivity contribution in [1.29, 1.82) is 0 Å². The maximum atomic E-state index is 12.3. The van der Waals surface area contributed by atoms with Crippen molar-refractivity contribution in [2.24, 2.45) is 0 Å². The van der Waals surface area contributed by atoms with Gasteiger partial charge in [-0.3, -0.25) is 9.78 Å². The molecule has 0 fully saturated rings. The average molecular weight is 337 g/mol. The molecule has 0 aliphatic heterocycles. The van der Waals surface area contributed by atoms with E-state index in [-0.39, 0.29) is 5.91 Å². The molecule has 3 rings (SSSR count). The minimum Gasteiger partial charge on any atom is -0.326 e. The minimum absolute atomic E-state index is 0.0252. The van der Waals surface area contributed by atoms with Gasteiger partial charge in [0.1, 0.15) is 5.01 Å². The Bertz CT molecular complexity index is 872. The molecular weight excluding hydrogens is 318 g/mol. The number of anilines is 1. The van der Waals surface area contributed by atoms with Crippen molar-refractivity contribution in [2.45, 2.75) is 27.2 Å². The lowest BCUT2D eigenvalue weighted by atomic mass is 10.1. The fourth-order valence-electron chi connectivity index (χ4n) is 2.37. The van der Waals surface area contributed by atoms with Crippen LogP contribution in [0.2, 0.25) is 0 Å². The molecule has 2 aromatic heterocycles. The van der Waals surface area contributed by atoms with Crippen LogP contribution in [0.4, 0.5) is 5.69 Å². The summed E-state index contributed by atoms with van der Waals surface area (Å²) in [5.74, 6) is -0.0252. The molecular formula is C19H19N3OS. The SMILES string of the molecule is Cc1ccc(NC(=O)Cc2sc(-c3cccnc3)nc2C)cc1C. The fourth-order valence-corrected chi connectivity index (χ4v) is 3.43. The van der Waals surface area contributed by atoms with Crippen LogP contribution < -0.4 is 5.32 Å². The van der Waals surface area contributed by atoms with Gasteiger partial charge in [0, 0.05) is 28.5 Å². The summed E-state index contributed by atoms with van der Waals surface area (Å²) in [7, 11) is 0. The fraction of sp³-hybridized carbons (Fsp3) is 0.211. The van der Waals surface area contributed by atoms with Crippen molar-refractivity contribution in [1.82, 2.24) is 9.97 Å². The first kappa shape index (κ1) is 16.3. The predicted molar refractivity (Wildman–Crippen MR) is 98.3 cm³/mol. The number of thiazole rings is 1. The summed E-state index contributed by atoms with van der Waals surface area (Å²) in [6, 6.07) is 9.81. The number of carbonyl (C=O) groups is 1. The third-order valence-electron chi connectivity index (χ3n) is 3.91. The summed E-state index contributed by atoms with van der Waals surface area (Å²) >= 11 is 1.55. The molecule has 0 atom stereocenters. The van der Waals surface area contributed by atoms with Crippen molar-refractivity contribution in [2.75, 3.05) is 5.32 Å². The summed E-state index contributed by atoms with van der Waals surface area (Å²) in [5.41, 5.74) is 5.09. The predicted octanol–water partition coefficient (Wildman–Crippen LogP) is 4.31. The molecule has 0 radical (unpaired) electrons. The van der Waals surface area contributed by atoms with Crippen molar-refractivity contribution >= 4 is 22.9 Å². The second-order valence-electron chi connectivity index (χ2n) is 5.79. The largest absolute Gasteiger partial charge is 0.326 e. The van der Waals surface area contributed by atoms with Crippen molar-refractivity contribution < 1.29 is 4.79 Å². The third kappa shape index (κ3) is 3.68. The van der Waals surface area contributed by atoms with Gasteiger partial charge in [0.2, 0.25) is 5.91 Å². The number of nitrogens with zero attached hydrogens (tertiary/aromatic N) is 2. The molecule has 3 aromatic rings. The first-order valence-electron chi connectivity index (χ1n) is 7.77. The normalized spacial score (nSPS) is 10.6. The third-order valence-corrected chi connectivity index (χ3v) is 5.12. The minimum atomic E-state index is -0.0252. The van der Waals surface area contributed by atoms with Gasteiger partial charge in [0.25, 0.3) is 0 Å². The van der Waals surface area contributed by atoms with Crippen LogP contribution in [-0.2, 0) is 11.2 Å². The van der Waals surface area contributed by atoms with Crippen LogP contribution in [0.15, 0.2) is 42.7 Å². The quantitative estimate of drug-likeness (QED) is 0.772. The van der Waals surface area contributed by atoms with Gasteiger partial charge in [-0.2, -0.15) is 0 Å². The lowest BCUT2D eigenvalue weighted by molar-refractivity contribution is -0.115. The van der Waals surface area contributed by atoms with E-state index in [9.17, 15) is 4.79 Å². The molecule has 0 aliphatic carbocycles. The van der Waals surface area contributed by atoms with E-state index in [4.69, 9.17) is 0 Å². The first-order valence-corrected chi connectivity index (χ1v) is 8.58. The van der Waals surface area contributed by atoms with Gasteiger partial charge in [-0.1, -0.05) is 6.07 Å². The number of hydrogen-bond donors (Lipinski definition) is 1. The summed E-state index contributed by atoms with van der Waals surface area (Å²) in [6.45, 7) is 6.04. The molecule has 0 bridgehead atoms. The molecule has 0 aliphatic rings. The summed E-state index contributed by atoms with van der Waals surface area (Å²) < 4.78 is 0. The molecule has 122 valence electrons. The zero-order valence-electron chi connectivity index (χ0n) is 14.0. The number of carbonyl (C=O) groups excluding carboxylic acids is 1. The van der Waals surface area contributed by atoms with Gasteiger partial charge in [0.15, 0.2) is 0 Å². The van der Waals surface area contributed by atoms with Gasteiger partial charge in [-0.15, -0.1) is 11.3 Å². The number of amides is 1. The summed E-state index contributed by atoms with van der Waals surface area (Å²) in [4.78, 5) is 22.0. The van der Waals surface area contributed by atoms with Crippen molar-refractivity contribution in [3.63, 3.8) is 0 Å². The number of aryl methyl sites for hydroxylation is 3. The van der Waals surface area contributed by atoms with E-state index in [0.717, 1.165) is 26.8 Å². The Kier molecular flexibility index (Phi) is 4.71. The Morgan fingerprint density at radius 1 is 1.17 bits per heavy atom. The van der Waals surface area contributed by atoms with Crippen LogP contribution in [0, 0.1) is 20.8 Å². The van der Waals surface area contributed by atoms with Crippen molar-refractivity contribution in [3.05, 3.63) is 64.4 Å². The van der Waals surface area contributed by atoms with Crippen LogP contribution in [0.25, 0.3) is 10.6 Å². The molecule has 4 nitrogen and oxygen atoms in total. The zero-order chi connectivity index (χ0) is 17.1. The maximum Gasteiger partial charge on any atom is 0.229 e. The Balaban J connectivity index is 1.72. The van der Waals surface area contributed by atoms with E-state index >= 15 is 0 Å². The summed E-state index contributed by atoms with van der Waals surface area (Å²) in [6.07, 6.45) is 3.86. The van der Waals surface area contributed by atoms with Gasteiger partial charge in [-0.05, 0) is 56.2 Å². The molecule has 5 heteroatoms. The van der Waals surface area contributed by atoms with E-state index < -0.39 is 0 Å². The standard InChI is InChI=1S/C19H19N3OS/c1-12-6-7-16(9-13(12)2)22-18(23)10-17-14(3)21-19(24-17)15-5-4-8-20-11-15/h4-9,11H,10H2,1-3H3,(H,22,23). The topological polar surface area (TPSA) is 54.9 Å². The van der Waals surface area contributed by atoms with E-state index in [1.54, 1.807) is 23.7 Å². The van der Waals surface area contributed by atoms with Crippen LogP contribution in [-0.4, -0.2) is 15.9 Å². The van der Waals surface area contributed by atoms with E-state index in [1.165, 1.54) is 11.1 Å². The molecule has 0 spiro atoms. The smallest absolute Gasteiger partial charge is 0.229 e. The Morgan fingerprint density at radius 3 is 2.71 bits per heavy atom. The Labute approximate surface area is 145 Å². The maximum absolute atomic E-state index is 12.3. The molecule has 1 aromatic carbocycles. The Hall–Kier alpha value is -2.53. The molecule has 1 N–H and O–H groups in total. The number of rotatable bonds is 4. The number of aromatic nitrogens is 2. The van der Waals surface area contributed by atoms with Crippen LogP contribution in [0.1, 0.15) is 21.7 Å². The van der Waals surface area contributed by atoms with Crippen molar-refractivity contribution in [3.8, 4) is 10.6 Å². The first-order chi connectivity index (χ1) is 11.5. The van der Waals surface area contributed by atoms with Gasteiger partial charge in [-0.25, -0.2) is 4.98 Å². The highest BCUT2D eigenvalue weighted by molar-refractivity contribution is 7.15. The molecule has 24 heavy (non-hydrogen) atoms. The van der Waals surface area contributed by atoms with Gasteiger partial charge < -0.3 is 5.32 Å². The highest BCUT2D eigenvalue weighted by Gasteiger charge is 2.13. The van der Waals surface area contributed by atoms with Crippen LogP contribution >= 0.6 is 11.3 Å². The highest BCUT2D eigenvalue weighted by atomic mass is 32.1. The van der Waals surface area contributed by atoms with E-state index in [2.05, 4.69) is 22.2 Å². The molecule has 0 saturated heterocycles. The van der Waals surface area contributed by atoms with Crippen LogP contribution in [0.3, 0.4) is 0 Å². The lowest BCUT2D eigenvalue weighted by Gasteiger charge is -2.07. The Morgan fingerprint density at radius 2 is 2.00 bits per heavy atom. The second-order valence-corrected chi connectivity index (χ2v) is 6.88. The molecule has 0 saturated carbocycles. The zero-order valence-corrected chi connectivity index (χ0v) is 14.8. The molecule has 2 heterocycles.